The zero-order chi connectivity index (χ0) is 17.4. The van der Waals surface area contributed by atoms with Crippen LogP contribution >= 0.6 is 0 Å². The van der Waals surface area contributed by atoms with Gasteiger partial charge in [-0.25, -0.2) is 0 Å². The molecule has 5 nitrogen and oxygen atoms in total. The molecule has 1 saturated carbocycles. The molecular formula is C20H24N2O3. The topological polar surface area (TPSA) is 57.7 Å². The average molecular weight is 340 g/mol. The van der Waals surface area contributed by atoms with Crippen molar-refractivity contribution in [1.82, 2.24) is 4.90 Å². The van der Waals surface area contributed by atoms with Crippen LogP contribution in [0.3, 0.4) is 0 Å². The fourth-order valence-electron chi connectivity index (χ4n) is 4.47. The molecule has 1 aromatic carbocycles. The second-order valence-electron chi connectivity index (χ2n) is 7.41. The highest BCUT2D eigenvalue weighted by atomic mass is 16.2. The van der Waals surface area contributed by atoms with Gasteiger partial charge in [0, 0.05) is 18.7 Å². The molecule has 132 valence electrons. The molecule has 2 atom stereocenters. The molecule has 2 saturated heterocycles. The summed E-state index contributed by atoms with van der Waals surface area (Å²) in [6.45, 7) is 1.57. The number of rotatable bonds is 2. The van der Waals surface area contributed by atoms with Crippen LogP contribution in [-0.4, -0.2) is 35.7 Å². The lowest BCUT2D eigenvalue weighted by Gasteiger charge is -2.27. The first-order chi connectivity index (χ1) is 12.2. The van der Waals surface area contributed by atoms with Gasteiger partial charge in [0.1, 0.15) is 0 Å². The van der Waals surface area contributed by atoms with Gasteiger partial charge in [0.05, 0.1) is 17.5 Å². The van der Waals surface area contributed by atoms with Crippen LogP contribution in [0.2, 0.25) is 0 Å². The average Bonchev–Trinajstić information content (AvgIpc) is 2.93. The molecule has 1 aliphatic carbocycles. The van der Waals surface area contributed by atoms with Gasteiger partial charge in [0.15, 0.2) is 0 Å². The molecule has 3 amide bonds. The Hall–Kier alpha value is -2.17. The summed E-state index contributed by atoms with van der Waals surface area (Å²) in [5, 5.41) is 0. The standard InChI is InChI=1S/C20H24N2O3/c23-18(21-11-4-1-5-12-21)14-7-6-8-15(13-14)22-19(24)16-9-2-3-10-17(16)20(22)25/h6-8,13,16-17H,1-5,9-12H2/t16-,17-/m0/s1. The Labute approximate surface area is 148 Å². The van der Waals surface area contributed by atoms with Gasteiger partial charge < -0.3 is 4.90 Å². The number of carbonyl (C=O) groups is 3. The number of carbonyl (C=O) groups excluding carboxylic acids is 3. The number of amides is 3. The monoisotopic (exact) mass is 340 g/mol. The molecule has 4 rings (SSSR count). The van der Waals surface area contributed by atoms with E-state index in [9.17, 15) is 14.4 Å². The van der Waals surface area contributed by atoms with E-state index in [1.807, 2.05) is 4.90 Å². The summed E-state index contributed by atoms with van der Waals surface area (Å²) >= 11 is 0. The van der Waals surface area contributed by atoms with E-state index in [0.717, 1.165) is 51.6 Å². The van der Waals surface area contributed by atoms with Gasteiger partial charge in [0.2, 0.25) is 11.8 Å². The summed E-state index contributed by atoms with van der Waals surface area (Å²) in [4.78, 5) is 41.4. The molecule has 0 spiro atoms. The van der Waals surface area contributed by atoms with E-state index < -0.39 is 0 Å². The van der Waals surface area contributed by atoms with E-state index in [4.69, 9.17) is 0 Å². The third kappa shape index (κ3) is 2.86. The number of fused-ring (bicyclic) bond motifs is 1. The summed E-state index contributed by atoms with van der Waals surface area (Å²) < 4.78 is 0. The molecule has 0 unspecified atom stereocenters. The number of likely N-dealkylation sites (tertiary alicyclic amines) is 1. The second kappa shape index (κ2) is 6.62. The van der Waals surface area contributed by atoms with Crippen molar-refractivity contribution in [3.8, 4) is 0 Å². The number of imide groups is 1. The van der Waals surface area contributed by atoms with Gasteiger partial charge in [-0.15, -0.1) is 0 Å². The molecule has 0 radical (unpaired) electrons. The fraction of sp³-hybridized carbons (Fsp3) is 0.550. The zero-order valence-electron chi connectivity index (χ0n) is 14.4. The number of benzene rings is 1. The van der Waals surface area contributed by atoms with Crippen LogP contribution in [0, 0.1) is 11.8 Å². The number of anilines is 1. The van der Waals surface area contributed by atoms with Crippen molar-refractivity contribution in [2.75, 3.05) is 18.0 Å². The molecule has 3 aliphatic rings. The zero-order valence-corrected chi connectivity index (χ0v) is 14.4. The molecule has 3 fully saturated rings. The first-order valence-electron chi connectivity index (χ1n) is 9.44. The van der Waals surface area contributed by atoms with E-state index in [0.29, 0.717) is 11.3 Å². The molecule has 1 aromatic rings. The van der Waals surface area contributed by atoms with Gasteiger partial charge in [0.25, 0.3) is 5.91 Å². The lowest BCUT2D eigenvalue weighted by Crippen LogP contribution is -2.36. The van der Waals surface area contributed by atoms with Crippen molar-refractivity contribution in [3.05, 3.63) is 29.8 Å². The van der Waals surface area contributed by atoms with Crippen molar-refractivity contribution in [2.24, 2.45) is 11.8 Å². The summed E-state index contributed by atoms with van der Waals surface area (Å²) in [7, 11) is 0. The number of hydrogen-bond donors (Lipinski definition) is 0. The van der Waals surface area contributed by atoms with Gasteiger partial charge in [-0.05, 0) is 50.3 Å². The molecule has 0 aromatic heterocycles. The number of piperidine rings is 1. The lowest BCUT2D eigenvalue weighted by molar-refractivity contribution is -0.122. The van der Waals surface area contributed by atoms with Crippen LogP contribution < -0.4 is 4.90 Å². The smallest absolute Gasteiger partial charge is 0.253 e. The minimum Gasteiger partial charge on any atom is -0.339 e. The van der Waals surface area contributed by atoms with Crippen molar-refractivity contribution in [3.63, 3.8) is 0 Å². The molecule has 2 aliphatic heterocycles. The maximum absolute atomic E-state index is 12.7. The molecule has 0 N–H and O–H groups in total. The molecular weight excluding hydrogens is 316 g/mol. The summed E-state index contributed by atoms with van der Waals surface area (Å²) in [5.41, 5.74) is 1.11. The quantitative estimate of drug-likeness (QED) is 0.778. The Kier molecular flexibility index (Phi) is 4.32. The van der Waals surface area contributed by atoms with Crippen molar-refractivity contribution in [2.45, 2.75) is 44.9 Å². The van der Waals surface area contributed by atoms with Gasteiger partial charge >= 0.3 is 0 Å². The highest BCUT2D eigenvalue weighted by Crippen LogP contribution is 2.40. The fourth-order valence-corrected chi connectivity index (χ4v) is 4.47. The van der Waals surface area contributed by atoms with Crippen molar-refractivity contribution < 1.29 is 14.4 Å². The van der Waals surface area contributed by atoms with Crippen molar-refractivity contribution >= 4 is 23.4 Å². The Morgan fingerprint density at radius 1 is 0.880 bits per heavy atom. The van der Waals surface area contributed by atoms with Crippen LogP contribution in [0.1, 0.15) is 55.3 Å². The third-order valence-electron chi connectivity index (χ3n) is 5.84. The number of hydrogen-bond acceptors (Lipinski definition) is 3. The van der Waals surface area contributed by atoms with Crippen LogP contribution in [0.15, 0.2) is 24.3 Å². The van der Waals surface area contributed by atoms with E-state index in [1.54, 1.807) is 24.3 Å². The van der Waals surface area contributed by atoms with Crippen LogP contribution in [-0.2, 0) is 9.59 Å². The molecule has 0 bridgehead atoms. The normalized spacial score (nSPS) is 26.7. The van der Waals surface area contributed by atoms with Crippen LogP contribution in [0.25, 0.3) is 0 Å². The highest BCUT2D eigenvalue weighted by Gasteiger charge is 2.48. The van der Waals surface area contributed by atoms with Crippen LogP contribution in [0.5, 0.6) is 0 Å². The SMILES string of the molecule is O=C(c1cccc(N2C(=O)[C@H]3CCCC[C@@H]3C2=O)c1)N1CCCCC1. The second-order valence-corrected chi connectivity index (χ2v) is 7.41. The first kappa shape index (κ1) is 16.3. The Morgan fingerprint density at radius 3 is 2.16 bits per heavy atom. The van der Waals surface area contributed by atoms with Gasteiger partial charge in [-0.2, -0.15) is 0 Å². The molecule has 25 heavy (non-hydrogen) atoms. The summed E-state index contributed by atoms with van der Waals surface area (Å²) in [6, 6.07) is 7.03. The Balaban J connectivity index is 1.60. The molecule has 5 heteroatoms. The maximum Gasteiger partial charge on any atom is 0.253 e. The first-order valence-corrected chi connectivity index (χ1v) is 9.44. The molecule has 2 heterocycles. The maximum atomic E-state index is 12.7. The van der Waals surface area contributed by atoms with E-state index in [-0.39, 0.29) is 29.6 Å². The van der Waals surface area contributed by atoms with Crippen LogP contribution in [0.4, 0.5) is 5.69 Å². The minimum absolute atomic E-state index is 0.00180. The van der Waals surface area contributed by atoms with E-state index >= 15 is 0 Å². The highest BCUT2D eigenvalue weighted by molar-refractivity contribution is 6.22. The third-order valence-corrected chi connectivity index (χ3v) is 5.84. The Morgan fingerprint density at radius 2 is 1.52 bits per heavy atom. The van der Waals surface area contributed by atoms with E-state index in [1.165, 1.54) is 11.3 Å². The van der Waals surface area contributed by atoms with Gasteiger partial charge in [-0.3, -0.25) is 19.3 Å². The number of nitrogens with zero attached hydrogens (tertiary/aromatic N) is 2. The minimum atomic E-state index is -0.164. The predicted octanol–water partition coefficient (Wildman–Crippen LogP) is 2.99. The lowest BCUT2D eigenvalue weighted by atomic mass is 9.81. The summed E-state index contributed by atoms with van der Waals surface area (Å²) in [6.07, 6.45) is 6.89. The summed E-state index contributed by atoms with van der Waals surface area (Å²) in [5.74, 6) is -0.502. The Bertz CT molecular complexity index is 685. The predicted molar refractivity (Wildman–Crippen MR) is 94.1 cm³/mol. The van der Waals surface area contributed by atoms with E-state index in [2.05, 4.69) is 0 Å². The van der Waals surface area contributed by atoms with Crippen molar-refractivity contribution in [1.29, 1.82) is 0 Å². The van der Waals surface area contributed by atoms with Gasteiger partial charge in [-0.1, -0.05) is 18.9 Å². The largest absolute Gasteiger partial charge is 0.339 e.